The Hall–Kier alpha value is -1.18. The number of hydrogen-bond donors (Lipinski definition) is 2. The minimum atomic E-state index is 0.148. The fourth-order valence-corrected chi connectivity index (χ4v) is 2.15. The Balaban J connectivity index is 2.42. The van der Waals surface area contributed by atoms with Gasteiger partial charge in [0.25, 0.3) is 0 Å². The van der Waals surface area contributed by atoms with Crippen molar-refractivity contribution >= 4 is 0 Å². The fourth-order valence-electron chi connectivity index (χ4n) is 2.15. The van der Waals surface area contributed by atoms with Crippen molar-refractivity contribution in [3.8, 4) is 11.5 Å². The molecule has 0 amide bonds. The quantitative estimate of drug-likeness (QED) is 0.780. The summed E-state index contributed by atoms with van der Waals surface area (Å²) in [6.07, 6.45) is 4.65. The van der Waals surface area contributed by atoms with Gasteiger partial charge in [0, 0.05) is 6.07 Å². The van der Waals surface area contributed by atoms with E-state index in [-0.39, 0.29) is 11.5 Å². The lowest BCUT2D eigenvalue weighted by atomic mass is 9.94. The maximum Gasteiger partial charge on any atom is 0.119 e. The van der Waals surface area contributed by atoms with Gasteiger partial charge in [-0.1, -0.05) is 40.0 Å². The standard InChI is InChI=1S/C15H24O2/c1-11(2)5-4-6-12(3)7-13-8-14(16)10-15(17)9-13/h8-12,16-17H,4-7H2,1-3H3. The Morgan fingerprint density at radius 3 is 2.06 bits per heavy atom. The van der Waals surface area contributed by atoms with Crippen LogP contribution in [-0.4, -0.2) is 10.2 Å². The highest BCUT2D eigenvalue weighted by Gasteiger charge is 2.06. The Morgan fingerprint density at radius 1 is 0.941 bits per heavy atom. The van der Waals surface area contributed by atoms with Gasteiger partial charge in [0.1, 0.15) is 11.5 Å². The molecule has 0 aliphatic carbocycles. The van der Waals surface area contributed by atoms with E-state index in [2.05, 4.69) is 20.8 Å². The Morgan fingerprint density at radius 2 is 1.53 bits per heavy atom. The largest absolute Gasteiger partial charge is 0.508 e. The molecule has 1 unspecified atom stereocenters. The predicted molar refractivity (Wildman–Crippen MR) is 71.3 cm³/mol. The second-order valence-electron chi connectivity index (χ2n) is 5.49. The van der Waals surface area contributed by atoms with Gasteiger partial charge in [-0.15, -0.1) is 0 Å². The lowest BCUT2D eigenvalue weighted by Gasteiger charge is -2.12. The maximum atomic E-state index is 9.40. The molecule has 0 saturated carbocycles. The molecule has 0 aliphatic rings. The minimum Gasteiger partial charge on any atom is -0.508 e. The highest BCUT2D eigenvalue weighted by Crippen LogP contribution is 2.24. The normalized spacial score (nSPS) is 12.9. The molecule has 2 N–H and O–H groups in total. The van der Waals surface area contributed by atoms with E-state index in [1.54, 1.807) is 12.1 Å². The smallest absolute Gasteiger partial charge is 0.119 e. The van der Waals surface area contributed by atoms with Gasteiger partial charge in [0.2, 0.25) is 0 Å². The molecule has 96 valence electrons. The SMILES string of the molecule is CC(C)CCCC(C)Cc1cc(O)cc(O)c1. The minimum absolute atomic E-state index is 0.148. The van der Waals surface area contributed by atoms with E-state index in [1.165, 1.54) is 25.3 Å². The van der Waals surface area contributed by atoms with Gasteiger partial charge < -0.3 is 10.2 Å². The van der Waals surface area contributed by atoms with Crippen molar-refractivity contribution in [3.05, 3.63) is 23.8 Å². The molecule has 0 bridgehead atoms. The lowest BCUT2D eigenvalue weighted by Crippen LogP contribution is -2.00. The van der Waals surface area contributed by atoms with Crippen LogP contribution < -0.4 is 0 Å². The second-order valence-corrected chi connectivity index (χ2v) is 5.49. The van der Waals surface area contributed by atoms with Crippen LogP contribution in [0.5, 0.6) is 11.5 Å². The van der Waals surface area contributed by atoms with Crippen molar-refractivity contribution in [2.75, 3.05) is 0 Å². The molecule has 0 saturated heterocycles. The van der Waals surface area contributed by atoms with Gasteiger partial charge in [0.15, 0.2) is 0 Å². The lowest BCUT2D eigenvalue weighted by molar-refractivity contribution is 0.440. The molecule has 1 atom stereocenters. The van der Waals surface area contributed by atoms with E-state index in [1.807, 2.05) is 0 Å². The molecule has 2 nitrogen and oxygen atoms in total. The topological polar surface area (TPSA) is 40.5 Å². The van der Waals surface area contributed by atoms with Crippen molar-refractivity contribution in [1.82, 2.24) is 0 Å². The zero-order chi connectivity index (χ0) is 12.8. The Labute approximate surface area is 104 Å². The summed E-state index contributed by atoms with van der Waals surface area (Å²) < 4.78 is 0. The van der Waals surface area contributed by atoms with E-state index in [0.29, 0.717) is 5.92 Å². The van der Waals surface area contributed by atoms with Gasteiger partial charge >= 0.3 is 0 Å². The van der Waals surface area contributed by atoms with Crippen LogP contribution in [0, 0.1) is 11.8 Å². The molecular formula is C15H24O2. The average molecular weight is 236 g/mol. The summed E-state index contributed by atoms with van der Waals surface area (Å²) >= 11 is 0. The first-order chi connectivity index (χ1) is 7.97. The molecule has 1 aromatic rings. The molecule has 0 heterocycles. The molecule has 0 spiro atoms. The van der Waals surface area contributed by atoms with Crippen LogP contribution in [0.25, 0.3) is 0 Å². The maximum absolute atomic E-state index is 9.40. The summed E-state index contributed by atoms with van der Waals surface area (Å²) in [4.78, 5) is 0. The molecular weight excluding hydrogens is 212 g/mol. The zero-order valence-electron chi connectivity index (χ0n) is 11.1. The van der Waals surface area contributed by atoms with Gasteiger partial charge in [-0.2, -0.15) is 0 Å². The van der Waals surface area contributed by atoms with Crippen LogP contribution in [0.15, 0.2) is 18.2 Å². The van der Waals surface area contributed by atoms with Crippen LogP contribution in [-0.2, 0) is 6.42 Å². The molecule has 17 heavy (non-hydrogen) atoms. The first-order valence-electron chi connectivity index (χ1n) is 6.49. The van der Waals surface area contributed by atoms with Crippen molar-refractivity contribution < 1.29 is 10.2 Å². The fraction of sp³-hybridized carbons (Fsp3) is 0.600. The molecule has 0 fully saturated rings. The summed E-state index contributed by atoms with van der Waals surface area (Å²) in [6, 6.07) is 4.84. The van der Waals surface area contributed by atoms with Gasteiger partial charge in [-0.3, -0.25) is 0 Å². The van der Waals surface area contributed by atoms with Crippen LogP contribution >= 0.6 is 0 Å². The number of benzene rings is 1. The Bertz CT molecular complexity index is 325. The van der Waals surface area contributed by atoms with Crippen LogP contribution in [0.4, 0.5) is 0 Å². The van der Waals surface area contributed by atoms with Crippen LogP contribution in [0.2, 0.25) is 0 Å². The first-order valence-corrected chi connectivity index (χ1v) is 6.49. The highest BCUT2D eigenvalue weighted by atomic mass is 16.3. The number of rotatable bonds is 6. The summed E-state index contributed by atoms with van der Waals surface area (Å²) in [7, 11) is 0. The monoisotopic (exact) mass is 236 g/mol. The van der Waals surface area contributed by atoms with Gasteiger partial charge in [0.05, 0.1) is 0 Å². The van der Waals surface area contributed by atoms with Crippen LogP contribution in [0.3, 0.4) is 0 Å². The third-order valence-electron chi connectivity index (χ3n) is 3.02. The summed E-state index contributed by atoms with van der Waals surface area (Å²) in [5.74, 6) is 1.66. The van der Waals surface area contributed by atoms with Crippen LogP contribution in [0.1, 0.15) is 45.6 Å². The second kappa shape index (κ2) is 6.53. The van der Waals surface area contributed by atoms with E-state index >= 15 is 0 Å². The first kappa shape index (κ1) is 13.9. The van der Waals surface area contributed by atoms with E-state index in [9.17, 15) is 10.2 Å². The molecule has 1 rings (SSSR count). The molecule has 1 aromatic carbocycles. The number of phenols is 2. The van der Waals surface area contributed by atoms with E-state index in [4.69, 9.17) is 0 Å². The van der Waals surface area contributed by atoms with Crippen molar-refractivity contribution in [2.45, 2.75) is 46.5 Å². The van der Waals surface area contributed by atoms with Gasteiger partial charge in [-0.05, 0) is 36.0 Å². The molecule has 2 heteroatoms. The molecule has 0 radical (unpaired) electrons. The number of phenolic OH excluding ortho intramolecular Hbond substituents is 2. The highest BCUT2D eigenvalue weighted by molar-refractivity contribution is 5.36. The summed E-state index contributed by atoms with van der Waals surface area (Å²) in [5, 5.41) is 18.8. The van der Waals surface area contributed by atoms with Gasteiger partial charge in [-0.25, -0.2) is 0 Å². The summed E-state index contributed by atoms with van der Waals surface area (Å²) in [6.45, 7) is 6.72. The number of aromatic hydroxyl groups is 2. The molecule has 0 aliphatic heterocycles. The van der Waals surface area contributed by atoms with Crippen molar-refractivity contribution in [3.63, 3.8) is 0 Å². The van der Waals surface area contributed by atoms with E-state index < -0.39 is 0 Å². The van der Waals surface area contributed by atoms with Crippen molar-refractivity contribution in [2.24, 2.45) is 11.8 Å². The Kier molecular flexibility index (Phi) is 5.33. The molecule has 0 aromatic heterocycles. The number of hydrogen-bond acceptors (Lipinski definition) is 2. The average Bonchev–Trinajstić information content (AvgIpc) is 2.14. The third kappa shape index (κ3) is 5.62. The van der Waals surface area contributed by atoms with E-state index in [0.717, 1.165) is 17.9 Å². The summed E-state index contributed by atoms with van der Waals surface area (Å²) in [5.41, 5.74) is 1.01. The predicted octanol–water partition coefficient (Wildman–Crippen LogP) is 4.10. The van der Waals surface area contributed by atoms with Crippen molar-refractivity contribution in [1.29, 1.82) is 0 Å². The zero-order valence-corrected chi connectivity index (χ0v) is 11.1. The third-order valence-corrected chi connectivity index (χ3v) is 3.02.